The number of nitrogens with zero attached hydrogens (tertiary/aromatic N) is 3. The van der Waals surface area contributed by atoms with Gasteiger partial charge in [0.1, 0.15) is 11.6 Å². The number of fused-ring (bicyclic) bond motifs is 2. The molecular formula is C26H31N5O2. The molecule has 5 rings (SSSR count). The summed E-state index contributed by atoms with van der Waals surface area (Å²) in [6.07, 6.45) is 3.31. The number of rotatable bonds is 7. The van der Waals surface area contributed by atoms with E-state index in [1.807, 2.05) is 24.3 Å². The number of imidazole rings is 1. The van der Waals surface area contributed by atoms with Crippen molar-refractivity contribution in [1.82, 2.24) is 25.2 Å². The molecule has 33 heavy (non-hydrogen) atoms. The first-order chi connectivity index (χ1) is 16.1. The summed E-state index contributed by atoms with van der Waals surface area (Å²) in [7, 11) is 1.65. The number of ether oxygens (including phenoxy) is 1. The average Bonchev–Trinajstić information content (AvgIpc) is 3.24. The van der Waals surface area contributed by atoms with Crippen molar-refractivity contribution in [3.63, 3.8) is 0 Å². The lowest BCUT2D eigenvalue weighted by Gasteiger charge is -2.33. The molecule has 3 N–H and O–H groups in total. The molecule has 2 aromatic carbocycles. The monoisotopic (exact) mass is 445 g/mol. The predicted molar refractivity (Wildman–Crippen MR) is 130 cm³/mol. The molecule has 1 fully saturated rings. The number of piperidine rings is 1. The van der Waals surface area contributed by atoms with Gasteiger partial charge in [0, 0.05) is 24.2 Å². The van der Waals surface area contributed by atoms with Crippen molar-refractivity contribution in [1.29, 1.82) is 0 Å². The molecule has 7 nitrogen and oxygen atoms in total. The number of nitrogens with one attached hydrogen (secondary N) is 2. The Morgan fingerprint density at radius 3 is 2.79 bits per heavy atom. The van der Waals surface area contributed by atoms with Crippen LogP contribution in [0.25, 0.3) is 21.9 Å². The van der Waals surface area contributed by atoms with Crippen LogP contribution in [0.3, 0.4) is 0 Å². The minimum atomic E-state index is -0.564. The van der Waals surface area contributed by atoms with E-state index < -0.39 is 6.10 Å². The summed E-state index contributed by atoms with van der Waals surface area (Å²) in [5.41, 5.74) is 5.12. The molecule has 1 aliphatic rings. The van der Waals surface area contributed by atoms with E-state index in [1.54, 1.807) is 13.3 Å². The van der Waals surface area contributed by atoms with Crippen LogP contribution in [0, 0.1) is 6.92 Å². The topological polar surface area (TPSA) is 86.3 Å². The van der Waals surface area contributed by atoms with E-state index in [0.717, 1.165) is 71.5 Å². The van der Waals surface area contributed by atoms with Crippen LogP contribution in [0.1, 0.15) is 35.9 Å². The highest BCUT2D eigenvalue weighted by Gasteiger charge is 2.22. The molecule has 3 heterocycles. The van der Waals surface area contributed by atoms with E-state index in [4.69, 9.17) is 4.74 Å². The van der Waals surface area contributed by atoms with Crippen LogP contribution in [-0.4, -0.2) is 57.7 Å². The predicted octanol–water partition coefficient (Wildman–Crippen LogP) is 3.72. The van der Waals surface area contributed by atoms with E-state index in [2.05, 4.69) is 50.3 Å². The number of aromatic amines is 1. The van der Waals surface area contributed by atoms with Gasteiger partial charge in [0.25, 0.3) is 0 Å². The third-order valence-corrected chi connectivity index (χ3v) is 6.60. The quantitative estimate of drug-likeness (QED) is 0.402. The Hall–Kier alpha value is -3.00. The number of pyridine rings is 1. The van der Waals surface area contributed by atoms with E-state index in [9.17, 15) is 5.11 Å². The first kappa shape index (κ1) is 21.8. The minimum Gasteiger partial charge on any atom is -0.497 e. The van der Waals surface area contributed by atoms with Crippen molar-refractivity contribution in [2.75, 3.05) is 26.7 Å². The molecule has 0 spiro atoms. The molecule has 1 atom stereocenters. The average molecular weight is 446 g/mol. The van der Waals surface area contributed by atoms with Gasteiger partial charge in [-0.3, -0.25) is 4.98 Å². The lowest BCUT2D eigenvalue weighted by molar-refractivity contribution is 0.0948. The summed E-state index contributed by atoms with van der Waals surface area (Å²) < 4.78 is 5.36. The zero-order valence-corrected chi connectivity index (χ0v) is 19.2. The van der Waals surface area contributed by atoms with E-state index in [1.165, 1.54) is 5.56 Å². The largest absolute Gasteiger partial charge is 0.497 e. The van der Waals surface area contributed by atoms with Gasteiger partial charge in [-0.15, -0.1) is 0 Å². The number of aliphatic hydroxyl groups excluding tert-OH is 1. The van der Waals surface area contributed by atoms with Gasteiger partial charge in [-0.25, -0.2) is 4.98 Å². The molecule has 0 bridgehead atoms. The van der Waals surface area contributed by atoms with E-state index in [0.29, 0.717) is 12.6 Å². The number of hydrogen-bond donors (Lipinski definition) is 3. The summed E-state index contributed by atoms with van der Waals surface area (Å²) in [5, 5.41) is 15.6. The van der Waals surface area contributed by atoms with Crippen LogP contribution in [0.5, 0.6) is 5.75 Å². The lowest BCUT2D eigenvalue weighted by atomic mass is 10.0. The highest BCUT2D eigenvalue weighted by atomic mass is 16.5. The van der Waals surface area contributed by atoms with Crippen LogP contribution in [-0.2, 0) is 6.54 Å². The second-order valence-electron chi connectivity index (χ2n) is 8.96. The van der Waals surface area contributed by atoms with Gasteiger partial charge >= 0.3 is 0 Å². The number of aliphatic hydroxyl groups is 1. The van der Waals surface area contributed by atoms with Crippen LogP contribution >= 0.6 is 0 Å². The van der Waals surface area contributed by atoms with Gasteiger partial charge in [0.2, 0.25) is 0 Å². The molecule has 0 unspecified atom stereocenters. The van der Waals surface area contributed by atoms with Gasteiger partial charge in [0.15, 0.2) is 0 Å². The standard InChI is InChI=1S/C26H31N5O2/c1-17-3-5-23-24(13-17)30-26(29-23)15-28-18-8-11-31(12-9-18)16-25(32)20-7-10-27-22-6-4-19(33-2)14-21(20)22/h3-7,10,13-14,18,25,28,32H,8-9,11-12,15-16H2,1-2H3,(H,29,30)/t25-/m0/s1. The fourth-order valence-corrected chi connectivity index (χ4v) is 4.73. The molecule has 0 saturated carbocycles. The molecule has 0 radical (unpaired) electrons. The fourth-order valence-electron chi connectivity index (χ4n) is 4.73. The van der Waals surface area contributed by atoms with Gasteiger partial charge in [0.05, 0.1) is 36.3 Å². The molecule has 2 aromatic heterocycles. The second-order valence-corrected chi connectivity index (χ2v) is 8.96. The fraction of sp³-hybridized carbons (Fsp3) is 0.385. The number of likely N-dealkylation sites (tertiary alicyclic amines) is 1. The number of β-amino-alcohol motifs (C(OH)–C–C–N with tert-alkyl or cyclic N) is 1. The van der Waals surface area contributed by atoms with Gasteiger partial charge < -0.3 is 25.0 Å². The Morgan fingerprint density at radius 2 is 1.97 bits per heavy atom. The lowest BCUT2D eigenvalue weighted by Crippen LogP contribution is -2.43. The van der Waals surface area contributed by atoms with Crippen molar-refractivity contribution < 1.29 is 9.84 Å². The SMILES string of the molecule is COc1ccc2nccc([C@@H](O)CN3CCC(NCc4nc5ccc(C)cc5[nH]4)CC3)c2c1. The van der Waals surface area contributed by atoms with Crippen molar-refractivity contribution in [2.24, 2.45) is 0 Å². The number of hydrogen-bond acceptors (Lipinski definition) is 6. The number of benzene rings is 2. The smallest absolute Gasteiger partial charge is 0.121 e. The summed E-state index contributed by atoms with van der Waals surface area (Å²) in [6, 6.07) is 14.5. The highest BCUT2D eigenvalue weighted by molar-refractivity contribution is 5.83. The van der Waals surface area contributed by atoms with Crippen molar-refractivity contribution >= 4 is 21.9 Å². The maximum absolute atomic E-state index is 11.0. The Labute approximate surface area is 193 Å². The molecule has 172 valence electrons. The summed E-state index contributed by atoms with van der Waals surface area (Å²) in [5.74, 6) is 1.75. The molecular weight excluding hydrogens is 414 g/mol. The van der Waals surface area contributed by atoms with Crippen LogP contribution in [0.2, 0.25) is 0 Å². The van der Waals surface area contributed by atoms with E-state index in [-0.39, 0.29) is 0 Å². The number of aromatic nitrogens is 3. The highest BCUT2D eigenvalue weighted by Crippen LogP contribution is 2.27. The molecule has 4 aromatic rings. The Kier molecular flexibility index (Phi) is 6.26. The Bertz CT molecular complexity index is 1250. The second kappa shape index (κ2) is 9.47. The summed E-state index contributed by atoms with van der Waals surface area (Å²) in [4.78, 5) is 14.9. The zero-order valence-electron chi connectivity index (χ0n) is 19.2. The van der Waals surface area contributed by atoms with Crippen LogP contribution in [0.15, 0.2) is 48.7 Å². The van der Waals surface area contributed by atoms with Gasteiger partial charge in [-0.1, -0.05) is 6.07 Å². The maximum Gasteiger partial charge on any atom is 0.121 e. The Balaban J connectivity index is 1.15. The minimum absolute atomic E-state index is 0.458. The van der Waals surface area contributed by atoms with Gasteiger partial charge in [-0.2, -0.15) is 0 Å². The number of H-pyrrole nitrogens is 1. The molecule has 0 aliphatic carbocycles. The Morgan fingerprint density at radius 1 is 1.15 bits per heavy atom. The first-order valence-electron chi connectivity index (χ1n) is 11.6. The summed E-state index contributed by atoms with van der Waals surface area (Å²) in [6.45, 7) is 5.37. The van der Waals surface area contributed by atoms with Crippen LogP contribution < -0.4 is 10.1 Å². The number of methoxy groups -OCH3 is 1. The van der Waals surface area contributed by atoms with Crippen molar-refractivity contribution in [3.8, 4) is 5.75 Å². The maximum atomic E-state index is 11.0. The summed E-state index contributed by atoms with van der Waals surface area (Å²) >= 11 is 0. The van der Waals surface area contributed by atoms with Gasteiger partial charge in [-0.05, 0) is 80.4 Å². The van der Waals surface area contributed by atoms with Crippen LogP contribution in [0.4, 0.5) is 0 Å². The first-order valence-corrected chi connectivity index (χ1v) is 11.6. The third-order valence-electron chi connectivity index (χ3n) is 6.60. The van der Waals surface area contributed by atoms with E-state index >= 15 is 0 Å². The van der Waals surface area contributed by atoms with Crippen molar-refractivity contribution in [2.45, 2.75) is 38.5 Å². The zero-order chi connectivity index (χ0) is 22.8. The number of aryl methyl sites for hydroxylation is 1. The normalized spacial score (nSPS) is 16.5. The third kappa shape index (κ3) is 4.85. The molecule has 7 heteroatoms. The van der Waals surface area contributed by atoms with Crippen molar-refractivity contribution in [3.05, 3.63) is 65.6 Å². The molecule has 1 aliphatic heterocycles. The molecule has 1 saturated heterocycles. The molecule has 0 amide bonds.